The molecule has 4 heterocycles. The Hall–Kier alpha value is -2.54. The lowest BCUT2D eigenvalue weighted by atomic mass is 9.73. The standard InChI is InChI=1S/C18H21N7/c1-11-10-21-15-16(22-11)24-17(23-15)25-7-4-18(5-8-25)9-13-12(14(18)19)3-2-6-20-13/h2-3,6,10,14H,4-5,7-9,19H2,1H3,(H,21,22,23,24)/t14-/m1/s1. The van der Waals surface area contributed by atoms with Crippen molar-refractivity contribution in [2.75, 3.05) is 18.0 Å². The van der Waals surface area contributed by atoms with E-state index in [4.69, 9.17) is 5.73 Å². The molecule has 1 aliphatic heterocycles. The van der Waals surface area contributed by atoms with Gasteiger partial charge >= 0.3 is 0 Å². The number of pyridine rings is 1. The first-order valence-electron chi connectivity index (χ1n) is 8.78. The minimum atomic E-state index is 0.0833. The van der Waals surface area contributed by atoms with Crippen molar-refractivity contribution < 1.29 is 0 Å². The molecule has 3 N–H and O–H groups in total. The molecule has 3 aromatic rings. The number of hydrogen-bond acceptors (Lipinski definition) is 6. The Morgan fingerprint density at radius 3 is 2.88 bits per heavy atom. The van der Waals surface area contributed by atoms with E-state index >= 15 is 0 Å². The van der Waals surface area contributed by atoms with Crippen molar-refractivity contribution in [2.45, 2.75) is 32.2 Å². The molecule has 1 saturated heterocycles. The van der Waals surface area contributed by atoms with Crippen molar-refractivity contribution in [1.29, 1.82) is 0 Å². The first-order chi connectivity index (χ1) is 12.1. The number of rotatable bonds is 1. The van der Waals surface area contributed by atoms with Crippen LogP contribution in [-0.2, 0) is 6.42 Å². The van der Waals surface area contributed by atoms with Crippen LogP contribution in [-0.4, -0.2) is 38.0 Å². The second kappa shape index (κ2) is 5.23. The van der Waals surface area contributed by atoms with Crippen molar-refractivity contribution in [2.24, 2.45) is 11.1 Å². The number of nitrogens with one attached hydrogen (secondary N) is 1. The minimum absolute atomic E-state index is 0.0833. The summed E-state index contributed by atoms with van der Waals surface area (Å²) in [6.07, 6.45) is 6.69. The molecular weight excluding hydrogens is 314 g/mol. The van der Waals surface area contributed by atoms with Gasteiger partial charge in [-0.05, 0) is 43.2 Å². The number of H-pyrrole nitrogens is 1. The highest BCUT2D eigenvalue weighted by atomic mass is 15.3. The summed E-state index contributed by atoms with van der Waals surface area (Å²) in [4.78, 5) is 23.6. The molecule has 1 spiro atoms. The Bertz CT molecular complexity index is 940. The largest absolute Gasteiger partial charge is 0.342 e. The van der Waals surface area contributed by atoms with E-state index in [1.165, 1.54) is 11.3 Å². The van der Waals surface area contributed by atoms with Crippen LogP contribution in [0.4, 0.5) is 5.95 Å². The number of hydrogen-bond donors (Lipinski definition) is 2. The number of aryl methyl sites for hydroxylation is 1. The summed E-state index contributed by atoms with van der Waals surface area (Å²) in [5.74, 6) is 0.859. The van der Waals surface area contributed by atoms with Gasteiger partial charge in [-0.15, -0.1) is 0 Å². The van der Waals surface area contributed by atoms with Gasteiger partial charge in [0.15, 0.2) is 11.3 Å². The highest BCUT2D eigenvalue weighted by Gasteiger charge is 2.46. The number of aromatic amines is 1. The number of aromatic nitrogens is 5. The van der Waals surface area contributed by atoms with Crippen molar-refractivity contribution in [3.63, 3.8) is 0 Å². The zero-order chi connectivity index (χ0) is 17.0. The van der Waals surface area contributed by atoms with Crippen LogP contribution in [0.5, 0.6) is 0 Å². The molecule has 1 atom stereocenters. The number of nitrogens with zero attached hydrogens (tertiary/aromatic N) is 5. The van der Waals surface area contributed by atoms with Gasteiger partial charge in [0.25, 0.3) is 0 Å². The van der Waals surface area contributed by atoms with Gasteiger partial charge in [-0.1, -0.05) is 6.07 Å². The average Bonchev–Trinajstić information content (AvgIpc) is 3.16. The molecule has 128 valence electrons. The summed E-state index contributed by atoms with van der Waals surface area (Å²) in [7, 11) is 0. The lowest BCUT2D eigenvalue weighted by Gasteiger charge is -2.41. The number of piperidine rings is 1. The van der Waals surface area contributed by atoms with Crippen LogP contribution in [0.3, 0.4) is 0 Å². The highest BCUT2D eigenvalue weighted by Crippen LogP contribution is 2.50. The van der Waals surface area contributed by atoms with Crippen molar-refractivity contribution >= 4 is 17.2 Å². The molecule has 7 nitrogen and oxygen atoms in total. The number of fused-ring (bicyclic) bond motifs is 2. The molecule has 0 radical (unpaired) electrons. The highest BCUT2D eigenvalue weighted by molar-refractivity contribution is 5.68. The summed E-state index contributed by atoms with van der Waals surface area (Å²) in [6, 6.07) is 4.20. The van der Waals surface area contributed by atoms with E-state index < -0.39 is 0 Å². The first-order valence-corrected chi connectivity index (χ1v) is 8.78. The predicted molar refractivity (Wildman–Crippen MR) is 95.2 cm³/mol. The third-order valence-corrected chi connectivity index (χ3v) is 5.81. The normalized spacial score (nSPS) is 21.8. The summed E-state index contributed by atoms with van der Waals surface area (Å²) in [5, 5.41) is 0. The minimum Gasteiger partial charge on any atom is -0.342 e. The summed E-state index contributed by atoms with van der Waals surface area (Å²) in [5.41, 5.74) is 11.5. The smallest absolute Gasteiger partial charge is 0.206 e. The van der Waals surface area contributed by atoms with Crippen LogP contribution in [0.15, 0.2) is 24.5 Å². The molecule has 0 saturated carbocycles. The van der Waals surface area contributed by atoms with Gasteiger partial charge in [0.1, 0.15) is 0 Å². The van der Waals surface area contributed by atoms with Crippen LogP contribution >= 0.6 is 0 Å². The lowest BCUT2D eigenvalue weighted by Crippen LogP contribution is -2.44. The molecule has 0 unspecified atom stereocenters. The van der Waals surface area contributed by atoms with Crippen molar-refractivity contribution in [1.82, 2.24) is 24.9 Å². The quantitative estimate of drug-likeness (QED) is 0.705. The van der Waals surface area contributed by atoms with E-state index in [9.17, 15) is 0 Å². The molecular formula is C18H21N7. The Morgan fingerprint density at radius 1 is 1.24 bits per heavy atom. The van der Waals surface area contributed by atoms with E-state index in [0.717, 1.165) is 49.6 Å². The fraction of sp³-hybridized carbons (Fsp3) is 0.444. The molecule has 1 fully saturated rings. The number of anilines is 1. The topological polar surface area (TPSA) is 96.6 Å². The Labute approximate surface area is 145 Å². The maximum absolute atomic E-state index is 6.62. The second-order valence-corrected chi connectivity index (χ2v) is 7.29. The molecule has 1 aliphatic carbocycles. The van der Waals surface area contributed by atoms with E-state index in [1.807, 2.05) is 19.2 Å². The number of imidazole rings is 1. The third kappa shape index (κ3) is 2.22. The van der Waals surface area contributed by atoms with Crippen LogP contribution in [0, 0.1) is 12.3 Å². The fourth-order valence-corrected chi connectivity index (χ4v) is 4.33. The maximum Gasteiger partial charge on any atom is 0.206 e. The molecule has 7 heteroatoms. The molecule has 3 aromatic heterocycles. The van der Waals surface area contributed by atoms with Crippen molar-refractivity contribution in [3.05, 3.63) is 41.5 Å². The van der Waals surface area contributed by atoms with Gasteiger partial charge in [-0.2, -0.15) is 4.98 Å². The van der Waals surface area contributed by atoms with Crippen LogP contribution < -0.4 is 10.6 Å². The van der Waals surface area contributed by atoms with E-state index in [-0.39, 0.29) is 11.5 Å². The Kier molecular flexibility index (Phi) is 3.09. The molecule has 0 amide bonds. The van der Waals surface area contributed by atoms with Crippen LogP contribution in [0.1, 0.15) is 35.8 Å². The van der Waals surface area contributed by atoms with E-state index in [1.54, 1.807) is 6.20 Å². The summed E-state index contributed by atoms with van der Waals surface area (Å²) < 4.78 is 0. The second-order valence-electron chi connectivity index (χ2n) is 7.29. The van der Waals surface area contributed by atoms with Gasteiger partial charge in [-0.3, -0.25) is 4.98 Å². The van der Waals surface area contributed by atoms with Gasteiger partial charge in [0.05, 0.1) is 11.9 Å². The van der Waals surface area contributed by atoms with E-state index in [0.29, 0.717) is 5.65 Å². The number of nitrogens with two attached hydrogens (primary N) is 1. The first kappa shape index (κ1) is 14.8. The third-order valence-electron chi connectivity index (χ3n) is 5.81. The monoisotopic (exact) mass is 335 g/mol. The maximum atomic E-state index is 6.62. The van der Waals surface area contributed by atoms with Crippen molar-refractivity contribution in [3.8, 4) is 0 Å². The average molecular weight is 335 g/mol. The molecule has 5 rings (SSSR count). The van der Waals surface area contributed by atoms with Gasteiger partial charge in [-0.25, -0.2) is 9.97 Å². The summed E-state index contributed by atoms with van der Waals surface area (Å²) in [6.45, 7) is 3.80. The molecule has 25 heavy (non-hydrogen) atoms. The SMILES string of the molecule is Cc1cnc2nc(N3CCC4(CC3)Cc3ncccc3[C@H]4N)[nH]c2n1. The zero-order valence-electron chi connectivity index (χ0n) is 14.2. The molecule has 2 aliphatic rings. The molecule has 0 aromatic carbocycles. The van der Waals surface area contributed by atoms with Gasteiger partial charge in [0.2, 0.25) is 5.95 Å². The molecule has 0 bridgehead atoms. The predicted octanol–water partition coefficient (Wildman–Crippen LogP) is 1.90. The van der Waals surface area contributed by atoms with Crippen LogP contribution in [0.2, 0.25) is 0 Å². The Balaban J connectivity index is 1.38. The lowest BCUT2D eigenvalue weighted by molar-refractivity contribution is 0.186. The Morgan fingerprint density at radius 2 is 2.08 bits per heavy atom. The fourth-order valence-electron chi connectivity index (χ4n) is 4.33. The summed E-state index contributed by atoms with van der Waals surface area (Å²) >= 11 is 0. The van der Waals surface area contributed by atoms with E-state index in [2.05, 4.69) is 35.9 Å². The van der Waals surface area contributed by atoms with Gasteiger partial charge < -0.3 is 15.6 Å². The zero-order valence-corrected chi connectivity index (χ0v) is 14.2. The van der Waals surface area contributed by atoms with Gasteiger partial charge in [0, 0.05) is 31.0 Å². The van der Waals surface area contributed by atoms with Crippen LogP contribution in [0.25, 0.3) is 11.3 Å².